The number of aromatic nitrogens is 2. The van der Waals surface area contributed by atoms with Crippen molar-refractivity contribution in [1.82, 2.24) is 20.0 Å². The van der Waals surface area contributed by atoms with Crippen LogP contribution in [0.25, 0.3) is 22.9 Å². The van der Waals surface area contributed by atoms with Gasteiger partial charge in [0, 0.05) is 48.8 Å². The van der Waals surface area contributed by atoms with Crippen LogP contribution in [0.2, 0.25) is 0 Å². The summed E-state index contributed by atoms with van der Waals surface area (Å²) in [5.41, 5.74) is 2.56. The van der Waals surface area contributed by atoms with Crippen LogP contribution < -0.4 is 10.6 Å². The molecule has 4 amide bonds. The molecule has 13 nitrogen and oxygen atoms in total. The number of nitrogens with one attached hydrogen (secondary N) is 2. The maximum absolute atomic E-state index is 13.1. The minimum absolute atomic E-state index is 0.0964. The highest BCUT2D eigenvalue weighted by Crippen LogP contribution is 2.28. The van der Waals surface area contributed by atoms with Crippen molar-refractivity contribution >= 4 is 35.0 Å². The molecule has 0 bridgehead atoms. The summed E-state index contributed by atoms with van der Waals surface area (Å²) >= 11 is 0. The summed E-state index contributed by atoms with van der Waals surface area (Å²) in [6.07, 6.45) is 5.05. The van der Waals surface area contributed by atoms with Crippen molar-refractivity contribution in [2.75, 3.05) is 36.9 Å². The van der Waals surface area contributed by atoms with E-state index in [2.05, 4.69) is 20.8 Å². The number of hydrogen-bond donors (Lipinski definition) is 2. The van der Waals surface area contributed by atoms with Crippen LogP contribution in [-0.2, 0) is 28.7 Å². The van der Waals surface area contributed by atoms with Gasteiger partial charge in [0.25, 0.3) is 11.8 Å². The number of rotatable bonds is 8. The molecule has 4 saturated heterocycles. The zero-order chi connectivity index (χ0) is 32.3. The predicted octanol–water partition coefficient (Wildman–Crippen LogP) is 3.62. The number of amides is 4. The average molecular weight is 643 g/mol. The van der Waals surface area contributed by atoms with E-state index in [9.17, 15) is 19.2 Å². The third-order valence-corrected chi connectivity index (χ3v) is 9.31. The van der Waals surface area contributed by atoms with Crippen LogP contribution >= 0.6 is 0 Å². The lowest BCUT2D eigenvalue weighted by Crippen LogP contribution is -2.47. The fourth-order valence-corrected chi connectivity index (χ4v) is 6.82. The molecule has 2 aromatic carbocycles. The first-order valence-corrected chi connectivity index (χ1v) is 16.4. The zero-order valence-corrected chi connectivity index (χ0v) is 26.1. The monoisotopic (exact) mass is 642 g/mol. The van der Waals surface area contributed by atoms with Gasteiger partial charge in [0.05, 0.1) is 0 Å². The lowest BCUT2D eigenvalue weighted by Gasteiger charge is -2.26. The summed E-state index contributed by atoms with van der Waals surface area (Å²) in [6.45, 7) is 2.29. The molecular formula is C34H38N6O7. The fourth-order valence-electron chi connectivity index (χ4n) is 6.82. The van der Waals surface area contributed by atoms with E-state index in [0.717, 1.165) is 25.7 Å². The first kappa shape index (κ1) is 31.0. The van der Waals surface area contributed by atoms with Gasteiger partial charge in [-0.1, -0.05) is 0 Å². The Kier molecular flexibility index (Phi) is 8.99. The van der Waals surface area contributed by atoms with Crippen LogP contribution in [0.5, 0.6) is 0 Å². The Bertz CT molecular complexity index is 1490. The predicted molar refractivity (Wildman–Crippen MR) is 170 cm³/mol. The number of anilines is 2. The first-order valence-electron chi connectivity index (χ1n) is 16.4. The van der Waals surface area contributed by atoms with Crippen molar-refractivity contribution in [3.63, 3.8) is 0 Å². The van der Waals surface area contributed by atoms with Crippen molar-refractivity contribution in [3.8, 4) is 22.9 Å². The second-order valence-electron chi connectivity index (χ2n) is 12.4. The number of hydrogen-bond acceptors (Lipinski definition) is 9. The van der Waals surface area contributed by atoms with Crippen LogP contribution in [-0.4, -0.2) is 94.2 Å². The molecule has 0 saturated carbocycles. The molecule has 2 N–H and O–H groups in total. The number of benzene rings is 2. The quantitative estimate of drug-likeness (QED) is 0.375. The maximum Gasteiger partial charge on any atom is 0.252 e. The Morgan fingerprint density at radius 3 is 1.40 bits per heavy atom. The molecule has 4 atom stereocenters. The number of carbonyl (C=O) groups is 4. The second kappa shape index (κ2) is 13.6. The summed E-state index contributed by atoms with van der Waals surface area (Å²) in [5.74, 6) is 0.0121. The molecule has 4 aliphatic heterocycles. The summed E-state index contributed by atoms with van der Waals surface area (Å²) in [7, 11) is 0. The summed E-state index contributed by atoms with van der Waals surface area (Å²) in [5, 5.41) is 14.2. The smallest absolute Gasteiger partial charge is 0.252 e. The molecule has 5 heterocycles. The Labute approximate surface area is 272 Å². The molecule has 246 valence electrons. The number of ether oxygens (including phenoxy) is 2. The molecule has 1 aromatic heterocycles. The van der Waals surface area contributed by atoms with E-state index < -0.39 is 24.3 Å². The van der Waals surface area contributed by atoms with Crippen LogP contribution in [0.1, 0.15) is 51.4 Å². The molecule has 4 aliphatic rings. The standard InChI is InChI=1S/C34H38N6O7/c41-29(25-5-1-17-39(25)33(43)27-7-3-19-45-27)35-23-13-9-21(10-14-23)31-37-38-32(47-31)22-11-15-24(16-12-22)36-30(42)26-6-2-18-40(26)34(44)28-8-4-20-46-28/h9-16,25-28H,1-8,17-20H2,(H,35,41)(H,36,42)/t25-,26?,27-,28-/m0/s1. The van der Waals surface area contributed by atoms with Gasteiger partial charge in [0.1, 0.15) is 24.3 Å². The third-order valence-electron chi connectivity index (χ3n) is 9.31. The molecule has 0 radical (unpaired) electrons. The highest BCUT2D eigenvalue weighted by atomic mass is 16.5. The van der Waals surface area contributed by atoms with Crippen LogP contribution in [0.4, 0.5) is 11.4 Å². The lowest BCUT2D eigenvalue weighted by atomic mass is 10.1. The second-order valence-corrected chi connectivity index (χ2v) is 12.4. The molecular weight excluding hydrogens is 604 g/mol. The van der Waals surface area contributed by atoms with Gasteiger partial charge in [-0.3, -0.25) is 19.2 Å². The van der Waals surface area contributed by atoms with E-state index in [1.54, 1.807) is 58.3 Å². The van der Waals surface area contributed by atoms with Crippen molar-refractivity contribution in [1.29, 1.82) is 0 Å². The van der Waals surface area contributed by atoms with Gasteiger partial charge in [-0.05, 0) is 99.9 Å². The molecule has 1 unspecified atom stereocenters. The van der Waals surface area contributed by atoms with E-state index in [4.69, 9.17) is 13.9 Å². The molecule has 0 aliphatic carbocycles. The van der Waals surface area contributed by atoms with Gasteiger partial charge < -0.3 is 34.3 Å². The van der Waals surface area contributed by atoms with E-state index in [1.165, 1.54) is 0 Å². The Morgan fingerprint density at radius 2 is 1.02 bits per heavy atom. The minimum atomic E-state index is -0.511. The zero-order valence-electron chi connectivity index (χ0n) is 26.1. The van der Waals surface area contributed by atoms with Crippen molar-refractivity contribution in [3.05, 3.63) is 48.5 Å². The topological polar surface area (TPSA) is 156 Å². The Hall–Kier alpha value is -4.62. The summed E-state index contributed by atoms with van der Waals surface area (Å²) < 4.78 is 17.0. The third kappa shape index (κ3) is 6.63. The van der Waals surface area contributed by atoms with Crippen molar-refractivity contribution < 1.29 is 33.1 Å². The molecule has 47 heavy (non-hydrogen) atoms. The molecule has 13 heteroatoms. The van der Waals surface area contributed by atoms with E-state index in [0.29, 0.717) is 86.3 Å². The normalized spacial score (nSPS) is 24.1. The molecule has 7 rings (SSSR count). The van der Waals surface area contributed by atoms with Gasteiger partial charge in [-0.2, -0.15) is 0 Å². The van der Waals surface area contributed by atoms with Crippen LogP contribution in [0.15, 0.2) is 52.9 Å². The highest BCUT2D eigenvalue weighted by molar-refractivity contribution is 5.99. The first-order chi connectivity index (χ1) is 22.9. The Balaban J connectivity index is 0.940. The molecule has 0 spiro atoms. The molecule has 4 fully saturated rings. The fraction of sp³-hybridized carbons (Fsp3) is 0.471. The van der Waals surface area contributed by atoms with Gasteiger partial charge >= 0.3 is 0 Å². The summed E-state index contributed by atoms with van der Waals surface area (Å²) in [4.78, 5) is 55.2. The van der Waals surface area contributed by atoms with Gasteiger partial charge in [0.2, 0.25) is 23.6 Å². The van der Waals surface area contributed by atoms with E-state index in [-0.39, 0.29) is 23.6 Å². The lowest BCUT2D eigenvalue weighted by molar-refractivity contribution is -0.144. The van der Waals surface area contributed by atoms with Gasteiger partial charge in [-0.25, -0.2) is 0 Å². The van der Waals surface area contributed by atoms with Crippen molar-refractivity contribution in [2.24, 2.45) is 0 Å². The van der Waals surface area contributed by atoms with Crippen LogP contribution in [0.3, 0.4) is 0 Å². The van der Waals surface area contributed by atoms with E-state index in [1.807, 2.05) is 0 Å². The summed E-state index contributed by atoms with van der Waals surface area (Å²) in [6, 6.07) is 13.1. The maximum atomic E-state index is 13.1. The molecule has 3 aromatic rings. The average Bonchev–Trinajstić information content (AvgIpc) is 3.93. The number of nitrogens with zero attached hydrogens (tertiary/aromatic N) is 4. The largest absolute Gasteiger partial charge is 0.416 e. The SMILES string of the molecule is O=C(Nc1ccc(-c2nnc(-c3ccc(NC(=O)[C@@H]4CCCN4C(=O)[C@@H]4CCCO4)cc3)o2)cc1)C1CCCN1C(=O)[C@@H]1CCCO1. The van der Waals surface area contributed by atoms with Crippen molar-refractivity contribution in [2.45, 2.75) is 75.7 Å². The number of carbonyl (C=O) groups excluding carboxylic acids is 4. The highest BCUT2D eigenvalue weighted by Gasteiger charge is 2.39. The van der Waals surface area contributed by atoms with Crippen LogP contribution in [0, 0.1) is 0 Å². The van der Waals surface area contributed by atoms with E-state index >= 15 is 0 Å². The van der Waals surface area contributed by atoms with Gasteiger partial charge in [0.15, 0.2) is 0 Å². The van der Waals surface area contributed by atoms with Gasteiger partial charge in [-0.15, -0.1) is 10.2 Å². The minimum Gasteiger partial charge on any atom is -0.416 e. The Morgan fingerprint density at radius 1 is 0.596 bits per heavy atom. The number of likely N-dealkylation sites (tertiary alicyclic amines) is 2.